The fourth-order valence-corrected chi connectivity index (χ4v) is 4.05. The monoisotopic (exact) mass is 412 g/mol. The Balaban J connectivity index is 1.96. The molecule has 2 aromatic carbocycles. The minimum atomic E-state index is -0.211. The number of carbonyl (C=O) groups excluding carboxylic acids is 1. The standard InChI is InChI=1S/C22H24N2O4S/c1-5-11-24-17-13-18(26-3)19(27-4)14-20(17)29-22(24)23-21(25)12-15-7-9-16(10-8-15)28-6-2/h5,7-10,13-14H,1,6,11-12H2,2-4H3. The van der Waals surface area contributed by atoms with E-state index in [-0.39, 0.29) is 12.3 Å². The molecule has 0 aliphatic rings. The fraction of sp³-hybridized carbons (Fsp3) is 0.273. The normalized spacial score (nSPS) is 11.5. The number of allylic oxidation sites excluding steroid dienone is 1. The lowest BCUT2D eigenvalue weighted by molar-refractivity contribution is -0.117. The maximum absolute atomic E-state index is 12.6. The van der Waals surface area contributed by atoms with E-state index in [9.17, 15) is 4.79 Å². The number of nitrogens with zero attached hydrogens (tertiary/aromatic N) is 2. The predicted octanol–water partition coefficient (Wildman–Crippen LogP) is 3.97. The van der Waals surface area contributed by atoms with Crippen LogP contribution in [0.4, 0.5) is 0 Å². The summed E-state index contributed by atoms with van der Waals surface area (Å²) in [6.07, 6.45) is 2.00. The van der Waals surface area contributed by atoms with Crippen molar-refractivity contribution in [2.75, 3.05) is 20.8 Å². The first kappa shape index (κ1) is 20.7. The number of ether oxygens (including phenoxy) is 3. The summed E-state index contributed by atoms with van der Waals surface area (Å²) in [6, 6.07) is 11.3. The van der Waals surface area contributed by atoms with E-state index in [1.54, 1.807) is 20.3 Å². The first-order chi connectivity index (χ1) is 14.1. The van der Waals surface area contributed by atoms with Gasteiger partial charge in [0.05, 0.1) is 37.5 Å². The van der Waals surface area contributed by atoms with Gasteiger partial charge in [0.15, 0.2) is 16.3 Å². The Kier molecular flexibility index (Phi) is 6.72. The summed E-state index contributed by atoms with van der Waals surface area (Å²) >= 11 is 1.43. The first-order valence-electron chi connectivity index (χ1n) is 9.25. The zero-order chi connectivity index (χ0) is 20.8. The molecular formula is C22H24N2O4S. The van der Waals surface area contributed by atoms with Crippen molar-refractivity contribution in [3.63, 3.8) is 0 Å². The molecule has 0 aliphatic carbocycles. The number of amides is 1. The van der Waals surface area contributed by atoms with Gasteiger partial charge in [0, 0.05) is 18.7 Å². The van der Waals surface area contributed by atoms with Gasteiger partial charge in [0.1, 0.15) is 5.75 Å². The van der Waals surface area contributed by atoms with Gasteiger partial charge in [-0.3, -0.25) is 4.79 Å². The van der Waals surface area contributed by atoms with Gasteiger partial charge in [-0.2, -0.15) is 4.99 Å². The molecule has 3 aromatic rings. The van der Waals surface area contributed by atoms with Gasteiger partial charge in [-0.15, -0.1) is 6.58 Å². The number of fused-ring (bicyclic) bond motifs is 1. The van der Waals surface area contributed by atoms with Gasteiger partial charge in [-0.05, 0) is 24.6 Å². The smallest absolute Gasteiger partial charge is 0.252 e. The summed E-state index contributed by atoms with van der Waals surface area (Å²) in [5.74, 6) is 1.84. The number of thiazole rings is 1. The van der Waals surface area contributed by atoms with E-state index in [2.05, 4.69) is 11.6 Å². The largest absolute Gasteiger partial charge is 0.494 e. The number of aromatic nitrogens is 1. The Bertz CT molecular complexity index is 1080. The molecule has 0 atom stereocenters. The van der Waals surface area contributed by atoms with Crippen LogP contribution in [0.3, 0.4) is 0 Å². The summed E-state index contributed by atoms with van der Waals surface area (Å²) in [6.45, 7) is 6.90. The molecule has 0 fully saturated rings. The Hall–Kier alpha value is -3.06. The third kappa shape index (κ3) is 4.68. The summed E-state index contributed by atoms with van der Waals surface area (Å²) in [4.78, 5) is 17.6. The van der Waals surface area contributed by atoms with Crippen molar-refractivity contribution in [1.82, 2.24) is 4.57 Å². The zero-order valence-electron chi connectivity index (χ0n) is 16.8. The average molecular weight is 413 g/mol. The molecule has 6 nitrogen and oxygen atoms in total. The van der Waals surface area contributed by atoms with E-state index in [4.69, 9.17) is 14.2 Å². The van der Waals surface area contributed by atoms with E-state index >= 15 is 0 Å². The minimum absolute atomic E-state index is 0.211. The van der Waals surface area contributed by atoms with E-state index in [0.29, 0.717) is 29.5 Å². The van der Waals surface area contributed by atoms with Crippen LogP contribution in [-0.2, 0) is 17.8 Å². The van der Waals surface area contributed by atoms with Crippen molar-refractivity contribution in [1.29, 1.82) is 0 Å². The number of methoxy groups -OCH3 is 2. The lowest BCUT2D eigenvalue weighted by atomic mass is 10.1. The highest BCUT2D eigenvalue weighted by molar-refractivity contribution is 7.16. The summed E-state index contributed by atoms with van der Waals surface area (Å²) < 4.78 is 19.1. The molecule has 7 heteroatoms. The molecular weight excluding hydrogens is 388 g/mol. The summed E-state index contributed by atoms with van der Waals surface area (Å²) in [5.41, 5.74) is 1.81. The number of carbonyl (C=O) groups is 1. The van der Waals surface area contributed by atoms with Crippen molar-refractivity contribution >= 4 is 27.5 Å². The zero-order valence-corrected chi connectivity index (χ0v) is 17.6. The fourth-order valence-electron chi connectivity index (χ4n) is 2.98. The van der Waals surface area contributed by atoms with E-state index in [0.717, 1.165) is 21.5 Å². The van der Waals surface area contributed by atoms with Crippen molar-refractivity contribution in [3.05, 3.63) is 59.4 Å². The molecule has 3 rings (SSSR count). The third-order valence-electron chi connectivity index (χ3n) is 4.31. The lowest BCUT2D eigenvalue weighted by Crippen LogP contribution is -2.17. The van der Waals surface area contributed by atoms with Crippen LogP contribution in [0, 0.1) is 0 Å². The number of hydrogen-bond donors (Lipinski definition) is 0. The highest BCUT2D eigenvalue weighted by Crippen LogP contribution is 2.33. The second kappa shape index (κ2) is 9.43. The third-order valence-corrected chi connectivity index (χ3v) is 5.35. The van der Waals surface area contributed by atoms with Gasteiger partial charge in [0.2, 0.25) is 0 Å². The van der Waals surface area contributed by atoms with Crippen LogP contribution in [0.25, 0.3) is 10.2 Å². The van der Waals surface area contributed by atoms with E-state index in [1.807, 2.05) is 47.9 Å². The maximum Gasteiger partial charge on any atom is 0.252 e. The highest BCUT2D eigenvalue weighted by Gasteiger charge is 2.13. The second-order valence-electron chi connectivity index (χ2n) is 6.22. The minimum Gasteiger partial charge on any atom is -0.494 e. The molecule has 0 radical (unpaired) electrons. The molecule has 29 heavy (non-hydrogen) atoms. The van der Waals surface area contributed by atoms with Gasteiger partial charge in [-0.25, -0.2) is 0 Å². The molecule has 1 heterocycles. The molecule has 0 unspecified atom stereocenters. The Morgan fingerprint density at radius 1 is 1.17 bits per heavy atom. The van der Waals surface area contributed by atoms with Crippen LogP contribution in [0.5, 0.6) is 17.2 Å². The summed E-state index contributed by atoms with van der Waals surface area (Å²) in [5, 5.41) is 0. The molecule has 0 bridgehead atoms. The van der Waals surface area contributed by atoms with Crippen molar-refractivity contribution in [2.24, 2.45) is 4.99 Å². The van der Waals surface area contributed by atoms with E-state index < -0.39 is 0 Å². The van der Waals surface area contributed by atoms with Gasteiger partial charge < -0.3 is 18.8 Å². The summed E-state index contributed by atoms with van der Waals surface area (Å²) in [7, 11) is 3.19. The number of rotatable bonds is 8. The maximum atomic E-state index is 12.6. The molecule has 0 aliphatic heterocycles. The van der Waals surface area contributed by atoms with Crippen molar-refractivity contribution < 1.29 is 19.0 Å². The Labute approximate surface area is 173 Å². The van der Waals surface area contributed by atoms with Gasteiger partial charge in [-0.1, -0.05) is 29.5 Å². The van der Waals surface area contributed by atoms with Crippen LogP contribution in [0.15, 0.2) is 54.0 Å². The molecule has 0 N–H and O–H groups in total. The highest BCUT2D eigenvalue weighted by atomic mass is 32.1. The molecule has 0 spiro atoms. The van der Waals surface area contributed by atoms with E-state index in [1.165, 1.54) is 11.3 Å². The quantitative estimate of drug-likeness (QED) is 0.525. The molecule has 1 amide bonds. The lowest BCUT2D eigenvalue weighted by Gasteiger charge is -2.08. The van der Waals surface area contributed by atoms with Crippen LogP contribution in [-0.4, -0.2) is 31.3 Å². The Morgan fingerprint density at radius 2 is 1.86 bits per heavy atom. The number of benzene rings is 2. The van der Waals surface area contributed by atoms with Crippen LogP contribution in [0.2, 0.25) is 0 Å². The molecule has 0 saturated carbocycles. The van der Waals surface area contributed by atoms with Crippen LogP contribution >= 0.6 is 11.3 Å². The molecule has 152 valence electrons. The SMILES string of the molecule is C=CCn1c(=NC(=O)Cc2ccc(OCC)cc2)sc2cc(OC)c(OC)cc21. The first-order valence-corrected chi connectivity index (χ1v) is 10.1. The van der Waals surface area contributed by atoms with Gasteiger partial charge in [0.25, 0.3) is 5.91 Å². The van der Waals surface area contributed by atoms with Crippen molar-refractivity contribution in [2.45, 2.75) is 19.9 Å². The number of hydrogen-bond acceptors (Lipinski definition) is 5. The Morgan fingerprint density at radius 3 is 2.48 bits per heavy atom. The molecule has 0 saturated heterocycles. The topological polar surface area (TPSA) is 62.1 Å². The average Bonchev–Trinajstić information content (AvgIpc) is 3.04. The van der Waals surface area contributed by atoms with Gasteiger partial charge >= 0.3 is 0 Å². The second-order valence-corrected chi connectivity index (χ2v) is 7.23. The predicted molar refractivity (Wildman–Crippen MR) is 115 cm³/mol. The van der Waals surface area contributed by atoms with Crippen molar-refractivity contribution in [3.8, 4) is 17.2 Å². The molecule has 1 aromatic heterocycles. The van der Waals surface area contributed by atoms with Crippen LogP contribution in [0.1, 0.15) is 12.5 Å². The van der Waals surface area contributed by atoms with Crippen LogP contribution < -0.4 is 19.0 Å².